The molecule has 2 heterocycles. The number of aryl methyl sites for hydroxylation is 1. The molecule has 3 aromatic rings. The molecule has 1 amide bonds. The molecule has 1 aromatic carbocycles. The second-order valence-corrected chi connectivity index (χ2v) is 7.99. The van der Waals surface area contributed by atoms with Gasteiger partial charge in [0.05, 0.1) is 10.6 Å². The Kier molecular flexibility index (Phi) is 6.96. The summed E-state index contributed by atoms with van der Waals surface area (Å²) < 4.78 is 5.24. The molecule has 2 aromatic heterocycles. The first kappa shape index (κ1) is 21.7. The van der Waals surface area contributed by atoms with Crippen LogP contribution >= 0.6 is 23.1 Å². The van der Waals surface area contributed by atoms with E-state index in [0.717, 1.165) is 4.88 Å². The van der Waals surface area contributed by atoms with Crippen LogP contribution in [0.25, 0.3) is 10.7 Å². The fourth-order valence-electron chi connectivity index (χ4n) is 2.67. The monoisotopic (exact) mass is 441 g/mol. The third-order valence-electron chi connectivity index (χ3n) is 4.06. The molecule has 154 valence electrons. The molecular formula is C21H19N3O4S2. The van der Waals surface area contributed by atoms with Gasteiger partial charge in [-0.2, -0.15) is 0 Å². The zero-order valence-electron chi connectivity index (χ0n) is 16.6. The highest BCUT2D eigenvalue weighted by Crippen LogP contribution is 2.27. The van der Waals surface area contributed by atoms with Crippen LogP contribution < -0.4 is 5.32 Å². The minimum atomic E-state index is -0.641. The number of rotatable bonds is 7. The molecule has 0 fully saturated rings. The molecular weight excluding hydrogens is 422 g/mol. The van der Waals surface area contributed by atoms with Gasteiger partial charge in [-0.05, 0) is 48.9 Å². The van der Waals surface area contributed by atoms with E-state index >= 15 is 0 Å². The second kappa shape index (κ2) is 9.64. The lowest BCUT2D eigenvalue weighted by molar-refractivity contribution is -0.114. The van der Waals surface area contributed by atoms with E-state index in [1.807, 2.05) is 23.8 Å². The minimum absolute atomic E-state index is 0.199. The zero-order chi connectivity index (χ0) is 21.7. The van der Waals surface area contributed by atoms with Gasteiger partial charge in [0, 0.05) is 18.2 Å². The minimum Gasteiger partial charge on any atom is -0.454 e. The van der Waals surface area contributed by atoms with E-state index in [0.29, 0.717) is 27.8 Å². The van der Waals surface area contributed by atoms with Gasteiger partial charge in [0.25, 0.3) is 0 Å². The average molecular weight is 442 g/mol. The number of benzene rings is 1. The van der Waals surface area contributed by atoms with Gasteiger partial charge in [0.2, 0.25) is 5.91 Å². The molecule has 3 rings (SSSR count). The number of hydrogen-bond donors (Lipinski definition) is 1. The molecule has 9 heteroatoms. The van der Waals surface area contributed by atoms with Crippen molar-refractivity contribution in [1.29, 1.82) is 0 Å². The molecule has 0 spiro atoms. The van der Waals surface area contributed by atoms with Crippen molar-refractivity contribution >= 4 is 46.4 Å². The van der Waals surface area contributed by atoms with Crippen LogP contribution in [0.5, 0.6) is 0 Å². The summed E-state index contributed by atoms with van der Waals surface area (Å²) in [5.74, 6) is -0.635. The Hall–Kier alpha value is -3.04. The molecule has 30 heavy (non-hydrogen) atoms. The Bertz CT molecular complexity index is 1080. The van der Waals surface area contributed by atoms with Crippen LogP contribution in [0.4, 0.5) is 5.69 Å². The highest BCUT2D eigenvalue weighted by molar-refractivity contribution is 7.98. The number of aromatic nitrogens is 2. The molecule has 0 aliphatic rings. The maximum atomic E-state index is 12.6. The second-order valence-electron chi connectivity index (χ2n) is 6.25. The number of esters is 1. The standard InChI is InChI=1S/C21H19N3O4S2/c1-12-18(20(29-3)24-19(22-12)17-5-4-10-30-17)21(27)28-11-16(26)14-6-8-15(9-7-14)23-13(2)25/h4-10H,11H2,1-3H3,(H,23,25). The Labute approximate surface area is 181 Å². The van der Waals surface area contributed by atoms with Gasteiger partial charge in [-0.1, -0.05) is 6.07 Å². The quantitative estimate of drug-likeness (QED) is 0.253. The van der Waals surface area contributed by atoms with Gasteiger partial charge in [-0.25, -0.2) is 14.8 Å². The lowest BCUT2D eigenvalue weighted by atomic mass is 10.1. The first-order chi connectivity index (χ1) is 14.4. The van der Waals surface area contributed by atoms with Crippen molar-refractivity contribution in [1.82, 2.24) is 9.97 Å². The maximum absolute atomic E-state index is 12.6. The summed E-state index contributed by atoms with van der Waals surface area (Å²) in [6, 6.07) is 10.2. The molecule has 0 unspecified atom stereocenters. The number of ketones is 1. The van der Waals surface area contributed by atoms with E-state index in [4.69, 9.17) is 4.74 Å². The van der Waals surface area contributed by atoms with Crippen LogP contribution in [0.15, 0.2) is 46.8 Å². The van der Waals surface area contributed by atoms with Crippen LogP contribution in [0.1, 0.15) is 33.3 Å². The number of nitrogens with zero attached hydrogens (tertiary/aromatic N) is 2. The van der Waals surface area contributed by atoms with Crippen LogP contribution in [-0.2, 0) is 9.53 Å². The van der Waals surface area contributed by atoms with E-state index in [1.54, 1.807) is 31.2 Å². The van der Waals surface area contributed by atoms with Crippen LogP contribution in [0.3, 0.4) is 0 Å². The number of carbonyl (C=O) groups is 3. The number of ether oxygens (including phenoxy) is 1. The van der Waals surface area contributed by atoms with Gasteiger partial charge < -0.3 is 10.1 Å². The van der Waals surface area contributed by atoms with E-state index in [9.17, 15) is 14.4 Å². The highest BCUT2D eigenvalue weighted by atomic mass is 32.2. The maximum Gasteiger partial charge on any atom is 0.343 e. The number of carbonyl (C=O) groups excluding carboxylic acids is 3. The Morgan fingerprint density at radius 3 is 2.47 bits per heavy atom. The smallest absolute Gasteiger partial charge is 0.343 e. The van der Waals surface area contributed by atoms with Gasteiger partial charge in [-0.15, -0.1) is 23.1 Å². The van der Waals surface area contributed by atoms with Crippen molar-refractivity contribution in [3.05, 3.63) is 58.6 Å². The zero-order valence-corrected chi connectivity index (χ0v) is 18.2. The van der Waals surface area contributed by atoms with Crippen molar-refractivity contribution in [2.24, 2.45) is 0 Å². The molecule has 1 N–H and O–H groups in total. The number of amides is 1. The number of hydrogen-bond acceptors (Lipinski definition) is 8. The number of thioether (sulfide) groups is 1. The Morgan fingerprint density at radius 2 is 1.87 bits per heavy atom. The molecule has 7 nitrogen and oxygen atoms in total. The molecule has 0 saturated heterocycles. The molecule has 0 aliphatic heterocycles. The third-order valence-corrected chi connectivity index (χ3v) is 5.61. The first-order valence-electron chi connectivity index (χ1n) is 8.93. The molecule has 0 saturated carbocycles. The van der Waals surface area contributed by atoms with Crippen molar-refractivity contribution in [3.63, 3.8) is 0 Å². The fraction of sp³-hybridized carbons (Fsp3) is 0.190. The van der Waals surface area contributed by atoms with Crippen molar-refractivity contribution in [2.75, 3.05) is 18.2 Å². The summed E-state index contributed by atoms with van der Waals surface area (Å²) in [7, 11) is 0. The van der Waals surface area contributed by atoms with Gasteiger partial charge in [0.15, 0.2) is 18.2 Å². The fourth-order valence-corrected chi connectivity index (χ4v) is 3.95. The number of nitrogens with one attached hydrogen (secondary N) is 1. The van der Waals surface area contributed by atoms with Crippen molar-refractivity contribution in [2.45, 2.75) is 18.9 Å². The third kappa shape index (κ3) is 5.11. The summed E-state index contributed by atoms with van der Waals surface area (Å²) in [6.07, 6.45) is 1.82. The normalized spacial score (nSPS) is 10.5. The van der Waals surface area contributed by atoms with E-state index in [2.05, 4.69) is 15.3 Å². The predicted octanol–water partition coefficient (Wildman–Crippen LogP) is 4.23. The van der Waals surface area contributed by atoms with E-state index < -0.39 is 12.6 Å². The molecule has 0 aliphatic carbocycles. The number of Topliss-reactive ketones (excluding diaryl/α,β-unsaturated/α-hetero) is 1. The van der Waals surface area contributed by atoms with Crippen molar-refractivity contribution < 1.29 is 19.1 Å². The Balaban J connectivity index is 1.71. The van der Waals surface area contributed by atoms with Crippen LogP contribution in [-0.4, -0.2) is 40.5 Å². The summed E-state index contributed by atoms with van der Waals surface area (Å²) in [6.45, 7) is 2.72. The number of anilines is 1. The molecule has 0 radical (unpaired) electrons. The van der Waals surface area contributed by atoms with Gasteiger partial charge in [-0.3, -0.25) is 9.59 Å². The van der Waals surface area contributed by atoms with Crippen LogP contribution in [0, 0.1) is 6.92 Å². The molecule has 0 atom stereocenters. The summed E-state index contributed by atoms with van der Waals surface area (Å²) in [5.41, 5.74) is 1.72. The highest BCUT2D eigenvalue weighted by Gasteiger charge is 2.21. The van der Waals surface area contributed by atoms with Gasteiger partial charge in [0.1, 0.15) is 10.6 Å². The molecule has 0 bridgehead atoms. The van der Waals surface area contributed by atoms with E-state index in [-0.39, 0.29) is 17.3 Å². The van der Waals surface area contributed by atoms with Crippen molar-refractivity contribution in [3.8, 4) is 10.7 Å². The largest absolute Gasteiger partial charge is 0.454 e. The summed E-state index contributed by atoms with van der Waals surface area (Å²) >= 11 is 2.84. The number of thiophene rings is 1. The summed E-state index contributed by atoms with van der Waals surface area (Å²) in [4.78, 5) is 45.9. The SMILES string of the molecule is CSc1nc(-c2cccs2)nc(C)c1C(=O)OCC(=O)c1ccc(NC(C)=O)cc1. The summed E-state index contributed by atoms with van der Waals surface area (Å²) in [5, 5.41) is 5.06. The lowest BCUT2D eigenvalue weighted by Gasteiger charge is -2.11. The van der Waals surface area contributed by atoms with E-state index in [1.165, 1.54) is 30.0 Å². The predicted molar refractivity (Wildman–Crippen MR) is 117 cm³/mol. The van der Waals surface area contributed by atoms with Crippen LogP contribution in [0.2, 0.25) is 0 Å². The lowest BCUT2D eigenvalue weighted by Crippen LogP contribution is -2.17. The van der Waals surface area contributed by atoms with Gasteiger partial charge >= 0.3 is 5.97 Å². The average Bonchev–Trinajstić information content (AvgIpc) is 3.26. The Morgan fingerprint density at radius 1 is 1.13 bits per heavy atom. The first-order valence-corrected chi connectivity index (χ1v) is 11.0. The topological polar surface area (TPSA) is 98.2 Å².